The SMILES string of the molecule is CCCN[SiH](CCOC)OCC. The molecule has 4 heteroatoms. The van der Waals surface area contributed by atoms with Crippen LogP contribution in [0.4, 0.5) is 0 Å². The molecule has 0 aromatic heterocycles. The van der Waals surface area contributed by atoms with E-state index in [4.69, 9.17) is 9.16 Å². The smallest absolute Gasteiger partial charge is 0.254 e. The number of hydrogen-bond donors (Lipinski definition) is 1. The Balaban J connectivity index is 3.40. The Morgan fingerprint density at radius 1 is 1.33 bits per heavy atom. The predicted octanol–water partition coefficient (Wildman–Crippen LogP) is 0.889. The van der Waals surface area contributed by atoms with Crippen molar-refractivity contribution in [3.63, 3.8) is 0 Å². The lowest BCUT2D eigenvalue weighted by Crippen LogP contribution is -2.38. The summed E-state index contributed by atoms with van der Waals surface area (Å²) in [5.74, 6) is 0. The number of rotatable bonds is 8. The Bertz CT molecular complexity index is 85.1. The van der Waals surface area contributed by atoms with E-state index in [1.165, 1.54) is 6.42 Å². The van der Waals surface area contributed by atoms with Gasteiger partial charge in [-0.2, -0.15) is 0 Å². The van der Waals surface area contributed by atoms with Gasteiger partial charge < -0.3 is 14.1 Å². The van der Waals surface area contributed by atoms with Crippen molar-refractivity contribution >= 4 is 9.20 Å². The zero-order valence-electron chi connectivity index (χ0n) is 8.43. The lowest BCUT2D eigenvalue weighted by molar-refractivity contribution is 0.208. The van der Waals surface area contributed by atoms with Crippen LogP contribution < -0.4 is 4.98 Å². The molecule has 1 N–H and O–H groups in total. The third-order valence-electron chi connectivity index (χ3n) is 1.57. The summed E-state index contributed by atoms with van der Waals surface area (Å²) < 4.78 is 10.6. The first-order valence-electron chi connectivity index (χ1n) is 4.69. The number of methoxy groups -OCH3 is 1. The van der Waals surface area contributed by atoms with E-state index in [2.05, 4.69) is 11.9 Å². The molecular formula is C8H21NO2Si. The zero-order valence-corrected chi connectivity index (χ0v) is 9.58. The molecule has 0 saturated heterocycles. The fourth-order valence-corrected chi connectivity index (χ4v) is 2.93. The van der Waals surface area contributed by atoms with E-state index in [1.807, 2.05) is 6.92 Å². The fraction of sp³-hybridized carbons (Fsp3) is 1.00. The molecule has 1 atom stereocenters. The Morgan fingerprint density at radius 3 is 2.58 bits per heavy atom. The van der Waals surface area contributed by atoms with Crippen molar-refractivity contribution in [1.82, 2.24) is 4.98 Å². The summed E-state index contributed by atoms with van der Waals surface area (Å²) in [7, 11) is 0.589. The van der Waals surface area contributed by atoms with Gasteiger partial charge in [-0.1, -0.05) is 6.92 Å². The normalized spacial score (nSPS) is 13.2. The Morgan fingerprint density at radius 2 is 2.08 bits per heavy atom. The Labute approximate surface area is 77.3 Å². The van der Waals surface area contributed by atoms with Crippen LogP contribution in [0.3, 0.4) is 0 Å². The molecule has 0 amide bonds. The lowest BCUT2D eigenvalue weighted by Gasteiger charge is -2.15. The van der Waals surface area contributed by atoms with E-state index in [1.54, 1.807) is 7.11 Å². The molecule has 0 rings (SSSR count). The van der Waals surface area contributed by atoms with Crippen LogP contribution >= 0.6 is 0 Å². The second kappa shape index (κ2) is 9.19. The van der Waals surface area contributed by atoms with Gasteiger partial charge in [0.25, 0.3) is 9.20 Å². The Kier molecular flexibility index (Phi) is 9.26. The molecule has 0 aromatic carbocycles. The third kappa shape index (κ3) is 6.79. The van der Waals surface area contributed by atoms with Gasteiger partial charge in [-0.15, -0.1) is 0 Å². The average Bonchev–Trinajstić information content (AvgIpc) is 2.10. The van der Waals surface area contributed by atoms with Gasteiger partial charge in [0.05, 0.1) is 0 Å². The fourth-order valence-electron chi connectivity index (χ4n) is 0.976. The minimum atomic E-state index is -1.14. The summed E-state index contributed by atoms with van der Waals surface area (Å²) in [6, 6.07) is 1.06. The summed E-state index contributed by atoms with van der Waals surface area (Å²) in [6.07, 6.45) is 1.17. The molecule has 0 aliphatic heterocycles. The highest BCUT2D eigenvalue weighted by atomic mass is 28.3. The van der Waals surface area contributed by atoms with Crippen LogP contribution in [0, 0.1) is 0 Å². The highest BCUT2D eigenvalue weighted by Gasteiger charge is 2.08. The van der Waals surface area contributed by atoms with Crippen molar-refractivity contribution in [2.24, 2.45) is 0 Å². The summed E-state index contributed by atoms with van der Waals surface area (Å²) in [4.78, 5) is 3.44. The topological polar surface area (TPSA) is 30.5 Å². The van der Waals surface area contributed by atoms with Gasteiger partial charge in [0.2, 0.25) is 0 Å². The molecular weight excluding hydrogens is 170 g/mol. The van der Waals surface area contributed by atoms with Crippen molar-refractivity contribution < 1.29 is 9.16 Å². The molecule has 0 heterocycles. The first-order chi connectivity index (χ1) is 5.85. The molecule has 0 aromatic rings. The highest BCUT2D eigenvalue weighted by Crippen LogP contribution is 1.92. The first-order valence-corrected chi connectivity index (χ1v) is 6.55. The maximum absolute atomic E-state index is 5.59. The van der Waals surface area contributed by atoms with Crippen LogP contribution in [-0.2, 0) is 9.16 Å². The molecule has 74 valence electrons. The molecule has 0 fully saturated rings. The predicted molar refractivity (Wildman–Crippen MR) is 53.8 cm³/mol. The van der Waals surface area contributed by atoms with Gasteiger partial charge in [0, 0.05) is 26.4 Å². The summed E-state index contributed by atoms with van der Waals surface area (Å²) >= 11 is 0. The highest BCUT2D eigenvalue weighted by molar-refractivity contribution is 6.48. The zero-order chi connectivity index (χ0) is 9.23. The standard InChI is InChI=1S/C8H21NO2Si/c1-4-6-9-12(11-5-2)8-7-10-3/h9,12H,4-8H2,1-3H3. The molecule has 3 nitrogen and oxygen atoms in total. The van der Waals surface area contributed by atoms with Crippen molar-refractivity contribution in [3.8, 4) is 0 Å². The Hall–Kier alpha value is 0.0969. The maximum atomic E-state index is 5.59. The third-order valence-corrected chi connectivity index (χ3v) is 3.81. The largest absolute Gasteiger partial charge is 0.406 e. The molecule has 0 aliphatic rings. The van der Waals surface area contributed by atoms with Crippen LogP contribution in [0.25, 0.3) is 0 Å². The van der Waals surface area contributed by atoms with Gasteiger partial charge in [0.15, 0.2) is 0 Å². The number of hydrogen-bond acceptors (Lipinski definition) is 3. The lowest BCUT2D eigenvalue weighted by atomic mass is 10.5. The summed E-state index contributed by atoms with van der Waals surface area (Å²) in [5.41, 5.74) is 0. The van der Waals surface area contributed by atoms with Gasteiger partial charge in [-0.25, -0.2) is 0 Å². The van der Waals surface area contributed by atoms with Crippen LogP contribution in [-0.4, -0.2) is 36.1 Å². The minimum Gasteiger partial charge on any atom is -0.406 e. The van der Waals surface area contributed by atoms with E-state index in [0.29, 0.717) is 0 Å². The van der Waals surface area contributed by atoms with E-state index < -0.39 is 9.20 Å². The summed E-state index contributed by atoms with van der Waals surface area (Å²) in [5, 5.41) is 0. The molecule has 1 unspecified atom stereocenters. The van der Waals surface area contributed by atoms with Crippen LogP contribution in [0.5, 0.6) is 0 Å². The van der Waals surface area contributed by atoms with E-state index in [9.17, 15) is 0 Å². The molecule has 12 heavy (non-hydrogen) atoms. The van der Waals surface area contributed by atoms with Crippen LogP contribution in [0.2, 0.25) is 6.04 Å². The molecule has 0 aliphatic carbocycles. The van der Waals surface area contributed by atoms with Crippen molar-refractivity contribution in [3.05, 3.63) is 0 Å². The van der Waals surface area contributed by atoms with E-state index in [-0.39, 0.29) is 0 Å². The van der Waals surface area contributed by atoms with Gasteiger partial charge in [-0.05, 0) is 19.9 Å². The second-order valence-electron chi connectivity index (χ2n) is 2.68. The molecule has 0 saturated carbocycles. The maximum Gasteiger partial charge on any atom is 0.254 e. The molecule has 0 radical (unpaired) electrons. The number of ether oxygens (including phenoxy) is 1. The summed E-state index contributed by atoms with van der Waals surface area (Å²) in [6.45, 7) is 6.91. The molecule has 0 spiro atoms. The van der Waals surface area contributed by atoms with Crippen molar-refractivity contribution in [1.29, 1.82) is 0 Å². The van der Waals surface area contributed by atoms with Gasteiger partial charge >= 0.3 is 0 Å². The van der Waals surface area contributed by atoms with Gasteiger partial charge in [-0.3, -0.25) is 0 Å². The number of nitrogens with one attached hydrogen (secondary N) is 1. The van der Waals surface area contributed by atoms with Crippen molar-refractivity contribution in [2.75, 3.05) is 26.9 Å². The monoisotopic (exact) mass is 191 g/mol. The van der Waals surface area contributed by atoms with Crippen LogP contribution in [0.15, 0.2) is 0 Å². The van der Waals surface area contributed by atoms with Crippen molar-refractivity contribution in [2.45, 2.75) is 26.3 Å². The minimum absolute atomic E-state index is 0.813. The van der Waals surface area contributed by atoms with Gasteiger partial charge in [0.1, 0.15) is 0 Å². The average molecular weight is 191 g/mol. The van der Waals surface area contributed by atoms with E-state index in [0.717, 1.165) is 25.8 Å². The molecule has 0 bridgehead atoms. The van der Waals surface area contributed by atoms with Crippen LogP contribution in [0.1, 0.15) is 20.3 Å². The quantitative estimate of drug-likeness (QED) is 0.578. The second-order valence-corrected chi connectivity index (χ2v) is 4.98. The van der Waals surface area contributed by atoms with E-state index >= 15 is 0 Å². The first kappa shape index (κ1) is 12.1.